The Balaban J connectivity index is -0.00000000222. The van der Waals surface area contributed by atoms with Crippen LogP contribution in [-0.2, 0) is 4.57 Å². The van der Waals surface area contributed by atoms with E-state index >= 15 is 0 Å². The fourth-order valence-corrected chi connectivity index (χ4v) is 0. The molecule has 0 amide bonds. The zero-order valence-corrected chi connectivity index (χ0v) is 15.0. The molecule has 10 nitrogen and oxygen atoms in total. The first-order chi connectivity index (χ1) is 2.00. The minimum Gasteiger partial charge on any atom is -0.822 e. The Bertz CT molecular complexity index is 61.5. The molecule has 0 spiro atoms. The molecule has 14 heavy (non-hydrogen) atoms. The summed E-state index contributed by atoms with van der Waals surface area (Å²) in [5.74, 6) is 0. The summed E-state index contributed by atoms with van der Waals surface area (Å²) in [6, 6.07) is 0. The zero-order valence-electron chi connectivity index (χ0n) is 8.08. The van der Waals surface area contributed by atoms with Crippen LogP contribution >= 0.6 is 7.82 Å². The minimum absolute atomic E-state index is 0. The zero-order chi connectivity index (χ0) is 4.50. The third kappa shape index (κ3) is 347. The van der Waals surface area contributed by atoms with Gasteiger partial charge in [-0.2, -0.15) is 7.82 Å². The van der Waals surface area contributed by atoms with Crippen molar-refractivity contribution in [3.8, 4) is 0 Å². The smallest absolute Gasteiger partial charge is 0.822 e. The molecular weight excluding hydrogens is 260 g/mol. The predicted molar refractivity (Wildman–Crippen MR) is 29.3 cm³/mol. The Morgan fingerprint density at radius 3 is 0.571 bits per heavy atom. The van der Waals surface area contributed by atoms with Crippen LogP contribution in [0.15, 0.2) is 0 Å². The minimum atomic E-state index is -5.39. The molecule has 14 heteroatoms. The fourth-order valence-electron chi connectivity index (χ4n) is 0. The van der Waals surface area contributed by atoms with E-state index < -0.39 is 7.82 Å². The standard InChI is InChI=1S/3Na.H3O4P.6H2O/c;;;1-5(2,3)4;;;;;;/h;;;(H3,1,2,3,4);6*1H2/q3*+1;;;;;;;/p-3. The molecule has 0 aliphatic carbocycles. The fraction of sp³-hybridized carbons (Fsp3) is 0. The summed E-state index contributed by atoms with van der Waals surface area (Å²) in [6.07, 6.45) is 0. The quantitative estimate of drug-likeness (QED) is 0.306. The number of phosphoric acid groups is 1. The van der Waals surface area contributed by atoms with Gasteiger partial charge in [-0.3, -0.25) is 0 Å². The van der Waals surface area contributed by atoms with Crippen LogP contribution in [0.3, 0.4) is 0 Å². The molecule has 0 rings (SSSR count). The third-order valence-electron chi connectivity index (χ3n) is 0. The van der Waals surface area contributed by atoms with Crippen molar-refractivity contribution >= 4 is 7.82 Å². The molecule has 0 atom stereocenters. The van der Waals surface area contributed by atoms with Crippen molar-refractivity contribution in [1.29, 1.82) is 0 Å². The van der Waals surface area contributed by atoms with Crippen molar-refractivity contribution < 1.29 is 141 Å². The van der Waals surface area contributed by atoms with Crippen LogP contribution in [0.5, 0.6) is 0 Å². The van der Waals surface area contributed by atoms with E-state index in [1.165, 1.54) is 0 Å². The normalized spacial score (nSPS) is 4.21. The van der Waals surface area contributed by atoms with Crippen LogP contribution in [0.25, 0.3) is 0 Å². The molecule has 0 fully saturated rings. The molecule has 0 heterocycles. The summed E-state index contributed by atoms with van der Waals surface area (Å²) in [4.78, 5) is 25.6. The van der Waals surface area contributed by atoms with Crippen molar-refractivity contribution in [2.45, 2.75) is 0 Å². The van der Waals surface area contributed by atoms with Crippen LogP contribution in [0.2, 0.25) is 0 Å². The van der Waals surface area contributed by atoms with Crippen LogP contribution in [-0.4, -0.2) is 32.9 Å². The maximum Gasteiger partial charge on any atom is 1.00 e. The first-order valence-corrected chi connectivity index (χ1v) is 2.19. The number of hydrogen-bond donors (Lipinski definition) is 0. The molecule has 0 aromatic rings. The molecule has 0 radical (unpaired) electrons. The van der Waals surface area contributed by atoms with Crippen molar-refractivity contribution in [2.75, 3.05) is 0 Å². The van der Waals surface area contributed by atoms with Gasteiger partial charge in [0.25, 0.3) is 0 Å². The maximum atomic E-state index is 8.55. The largest absolute Gasteiger partial charge is 1.00 e. The second-order valence-corrected chi connectivity index (χ2v) is 1.34. The van der Waals surface area contributed by atoms with E-state index in [9.17, 15) is 0 Å². The number of hydrogen-bond acceptors (Lipinski definition) is 4. The van der Waals surface area contributed by atoms with E-state index in [0.717, 1.165) is 0 Å². The number of rotatable bonds is 0. The molecule has 0 aromatic heterocycles. The van der Waals surface area contributed by atoms with Gasteiger partial charge in [0, 0.05) is 0 Å². The Labute approximate surface area is 146 Å². The molecule has 0 aromatic carbocycles. The molecule has 0 saturated heterocycles. The SMILES string of the molecule is O.O.O.O.O.O.O=P([O-])([O-])[O-].[Na+].[Na+].[Na+]. The van der Waals surface area contributed by atoms with Gasteiger partial charge in [0.1, 0.15) is 0 Å². The van der Waals surface area contributed by atoms with Gasteiger partial charge < -0.3 is 52.1 Å². The molecule has 0 saturated carbocycles. The van der Waals surface area contributed by atoms with Gasteiger partial charge in [-0.15, -0.1) is 0 Å². The average molecular weight is 272 g/mol. The van der Waals surface area contributed by atoms with Gasteiger partial charge in [-0.25, -0.2) is 0 Å². The maximum absolute atomic E-state index is 8.55. The molecule has 0 aliphatic heterocycles. The van der Waals surface area contributed by atoms with E-state index in [4.69, 9.17) is 19.2 Å². The van der Waals surface area contributed by atoms with E-state index in [2.05, 4.69) is 0 Å². The van der Waals surface area contributed by atoms with Crippen molar-refractivity contribution in [3.63, 3.8) is 0 Å². The molecule has 0 unspecified atom stereocenters. The Kier molecular flexibility index (Phi) is 287. The van der Waals surface area contributed by atoms with Crippen molar-refractivity contribution in [3.05, 3.63) is 0 Å². The van der Waals surface area contributed by atoms with Gasteiger partial charge in [-0.1, -0.05) is 0 Å². The first-order valence-electron chi connectivity index (χ1n) is 0.730. The summed E-state index contributed by atoms with van der Waals surface area (Å²) >= 11 is 0. The van der Waals surface area contributed by atoms with Crippen LogP contribution in [0.4, 0.5) is 0 Å². The van der Waals surface area contributed by atoms with Crippen molar-refractivity contribution in [1.82, 2.24) is 0 Å². The van der Waals surface area contributed by atoms with E-state index in [1.54, 1.807) is 0 Å². The van der Waals surface area contributed by atoms with Gasteiger partial charge in [0.15, 0.2) is 0 Å². The van der Waals surface area contributed by atoms with Gasteiger partial charge in [-0.05, 0) is 0 Å². The second kappa shape index (κ2) is 44.6. The molecule has 80 valence electrons. The summed E-state index contributed by atoms with van der Waals surface area (Å²) in [5.41, 5.74) is 0. The van der Waals surface area contributed by atoms with Gasteiger partial charge in [0.2, 0.25) is 0 Å². The van der Waals surface area contributed by atoms with E-state index in [1.807, 2.05) is 0 Å². The molecular formula is H12Na3O10P. The Hall–Kier alpha value is 2.87. The molecule has 0 aliphatic rings. The summed E-state index contributed by atoms with van der Waals surface area (Å²) < 4.78 is 8.55. The summed E-state index contributed by atoms with van der Waals surface area (Å²) in [7, 11) is -5.39. The van der Waals surface area contributed by atoms with E-state index in [0.29, 0.717) is 0 Å². The topological polar surface area (TPSA) is 275 Å². The molecule has 12 N–H and O–H groups in total. The second-order valence-electron chi connectivity index (χ2n) is 0.447. The van der Waals surface area contributed by atoms with Crippen LogP contribution < -0.4 is 103 Å². The Morgan fingerprint density at radius 2 is 0.571 bits per heavy atom. The summed E-state index contributed by atoms with van der Waals surface area (Å²) in [6.45, 7) is 0. The summed E-state index contributed by atoms with van der Waals surface area (Å²) in [5, 5.41) is 0. The van der Waals surface area contributed by atoms with Gasteiger partial charge in [0.05, 0.1) is 0 Å². The van der Waals surface area contributed by atoms with Gasteiger partial charge >= 0.3 is 88.7 Å². The first kappa shape index (κ1) is 90.0. The molecule has 0 bridgehead atoms. The van der Waals surface area contributed by atoms with Crippen LogP contribution in [0, 0.1) is 0 Å². The van der Waals surface area contributed by atoms with Crippen molar-refractivity contribution in [2.24, 2.45) is 0 Å². The average Bonchev–Trinajstić information content (AvgIpc) is 0.722. The van der Waals surface area contributed by atoms with Crippen LogP contribution in [0.1, 0.15) is 0 Å². The predicted octanol–water partition coefficient (Wildman–Crippen LogP) is -16.8. The van der Waals surface area contributed by atoms with E-state index in [-0.39, 0.29) is 122 Å². The Morgan fingerprint density at radius 1 is 0.571 bits per heavy atom. The monoisotopic (exact) mass is 272 g/mol. The third-order valence-corrected chi connectivity index (χ3v) is 0.